The average Bonchev–Trinajstić information content (AvgIpc) is 3.08. The van der Waals surface area contributed by atoms with Crippen LogP contribution in [0.4, 0.5) is 0 Å². The van der Waals surface area contributed by atoms with Gasteiger partial charge in [-0.2, -0.15) is 0 Å². The van der Waals surface area contributed by atoms with E-state index in [0.717, 1.165) is 11.3 Å². The van der Waals surface area contributed by atoms with Crippen molar-refractivity contribution in [3.63, 3.8) is 0 Å². The van der Waals surface area contributed by atoms with Crippen LogP contribution in [0.25, 0.3) is 5.65 Å². The zero-order chi connectivity index (χ0) is 19.4. The number of carbonyl (C=O) groups excluding carboxylic acids is 1. The largest absolute Gasteiger partial charge is 0.487 e. The molecule has 0 saturated carbocycles. The van der Waals surface area contributed by atoms with E-state index in [-0.39, 0.29) is 11.3 Å². The van der Waals surface area contributed by atoms with E-state index in [1.54, 1.807) is 24.1 Å². The molecule has 1 aromatic carbocycles. The van der Waals surface area contributed by atoms with Gasteiger partial charge in [0.25, 0.3) is 5.91 Å². The number of pyridine rings is 1. The predicted octanol–water partition coefficient (Wildman–Crippen LogP) is 2.97. The van der Waals surface area contributed by atoms with Crippen molar-refractivity contribution < 1.29 is 9.53 Å². The molecule has 3 aromatic rings. The van der Waals surface area contributed by atoms with Gasteiger partial charge in [-0.05, 0) is 42.3 Å². The number of ether oxygens (including phenoxy) is 1. The lowest BCUT2D eigenvalue weighted by atomic mass is 9.93. The molecule has 142 valence electrons. The molecule has 6 heteroatoms. The van der Waals surface area contributed by atoms with E-state index < -0.39 is 0 Å². The highest BCUT2D eigenvalue weighted by atomic mass is 16.5. The van der Waals surface area contributed by atoms with Gasteiger partial charge < -0.3 is 19.8 Å². The molecule has 0 fully saturated rings. The highest BCUT2D eigenvalue weighted by molar-refractivity contribution is 5.94. The van der Waals surface area contributed by atoms with Crippen LogP contribution < -0.4 is 10.5 Å². The van der Waals surface area contributed by atoms with Crippen LogP contribution in [0.1, 0.15) is 29.9 Å². The lowest BCUT2D eigenvalue weighted by Crippen LogP contribution is -2.39. The van der Waals surface area contributed by atoms with Crippen molar-refractivity contribution in [2.75, 3.05) is 20.1 Å². The smallest absolute Gasteiger partial charge is 0.253 e. The van der Waals surface area contributed by atoms with Crippen molar-refractivity contribution in [1.82, 2.24) is 14.3 Å². The first-order valence-corrected chi connectivity index (χ1v) is 8.99. The Balaban J connectivity index is 1.67. The molecule has 0 radical (unpaired) electrons. The maximum Gasteiger partial charge on any atom is 0.253 e. The number of benzene rings is 1. The van der Waals surface area contributed by atoms with Crippen molar-refractivity contribution in [3.8, 4) is 5.75 Å². The lowest BCUT2D eigenvalue weighted by Gasteiger charge is -2.29. The van der Waals surface area contributed by atoms with Crippen LogP contribution in [0.5, 0.6) is 5.75 Å². The summed E-state index contributed by atoms with van der Waals surface area (Å²) < 4.78 is 7.80. The van der Waals surface area contributed by atoms with Gasteiger partial charge in [0, 0.05) is 31.5 Å². The lowest BCUT2D eigenvalue weighted by molar-refractivity contribution is 0.0740. The molecule has 0 bridgehead atoms. The summed E-state index contributed by atoms with van der Waals surface area (Å²) in [7, 11) is 1.80. The van der Waals surface area contributed by atoms with Gasteiger partial charge in [0.2, 0.25) is 0 Å². The number of hydrogen-bond acceptors (Lipinski definition) is 4. The van der Waals surface area contributed by atoms with Crippen molar-refractivity contribution in [2.45, 2.75) is 20.5 Å². The van der Waals surface area contributed by atoms with Crippen LogP contribution in [-0.4, -0.2) is 40.3 Å². The molecule has 6 nitrogen and oxygen atoms in total. The van der Waals surface area contributed by atoms with Gasteiger partial charge in [0.15, 0.2) is 0 Å². The molecule has 0 aliphatic carbocycles. The highest BCUT2D eigenvalue weighted by Gasteiger charge is 2.22. The molecule has 2 aromatic heterocycles. The fourth-order valence-corrected chi connectivity index (χ4v) is 2.93. The molecule has 0 aliphatic rings. The maximum atomic E-state index is 12.7. The summed E-state index contributed by atoms with van der Waals surface area (Å²) in [5.74, 6) is 0.596. The second-order valence-corrected chi connectivity index (χ2v) is 7.54. The standard InChI is InChI=1S/C21H26N4O2/c1-21(2,14-22)15-24(3)20(26)16-7-6-8-18(11-16)27-13-17-12-25-10-5-4-9-19(25)23-17/h4-12H,13-15,22H2,1-3H3. The van der Waals surface area contributed by atoms with E-state index in [0.29, 0.717) is 31.0 Å². The molecule has 0 saturated heterocycles. The zero-order valence-corrected chi connectivity index (χ0v) is 16.1. The number of rotatable bonds is 7. The van der Waals surface area contributed by atoms with E-state index in [1.165, 1.54) is 0 Å². The first kappa shape index (κ1) is 18.9. The Labute approximate surface area is 159 Å². The molecular weight excluding hydrogens is 340 g/mol. The Morgan fingerprint density at radius 3 is 2.81 bits per heavy atom. The topological polar surface area (TPSA) is 72.9 Å². The highest BCUT2D eigenvalue weighted by Crippen LogP contribution is 2.19. The van der Waals surface area contributed by atoms with Gasteiger partial charge in [-0.1, -0.05) is 26.0 Å². The van der Waals surface area contributed by atoms with Crippen LogP contribution in [0.3, 0.4) is 0 Å². The molecule has 1 amide bonds. The number of amides is 1. The molecule has 0 aliphatic heterocycles. The van der Waals surface area contributed by atoms with Crippen molar-refractivity contribution >= 4 is 11.6 Å². The monoisotopic (exact) mass is 366 g/mol. The number of fused-ring (bicyclic) bond motifs is 1. The first-order chi connectivity index (χ1) is 12.9. The fraction of sp³-hybridized carbons (Fsp3) is 0.333. The second kappa shape index (κ2) is 7.80. The zero-order valence-electron chi connectivity index (χ0n) is 16.1. The molecule has 0 unspecified atom stereocenters. The molecule has 2 heterocycles. The van der Waals surface area contributed by atoms with E-state index in [1.807, 2.05) is 61.0 Å². The fourth-order valence-electron chi connectivity index (χ4n) is 2.93. The minimum absolute atomic E-state index is 0.0466. The van der Waals surface area contributed by atoms with Crippen LogP contribution in [0.15, 0.2) is 54.9 Å². The summed E-state index contributed by atoms with van der Waals surface area (Å²) >= 11 is 0. The SMILES string of the molecule is CN(CC(C)(C)CN)C(=O)c1cccc(OCc2cn3ccccc3n2)c1. The van der Waals surface area contributed by atoms with Gasteiger partial charge in [0.1, 0.15) is 18.0 Å². The Morgan fingerprint density at radius 2 is 2.07 bits per heavy atom. The van der Waals surface area contributed by atoms with Gasteiger partial charge in [-0.3, -0.25) is 4.79 Å². The summed E-state index contributed by atoms with van der Waals surface area (Å²) in [6.45, 7) is 5.55. The summed E-state index contributed by atoms with van der Waals surface area (Å²) in [6.07, 6.45) is 3.89. The summed E-state index contributed by atoms with van der Waals surface area (Å²) in [6, 6.07) is 13.1. The van der Waals surface area contributed by atoms with Crippen LogP contribution in [0.2, 0.25) is 0 Å². The van der Waals surface area contributed by atoms with Crippen LogP contribution >= 0.6 is 0 Å². The van der Waals surface area contributed by atoms with E-state index >= 15 is 0 Å². The minimum Gasteiger partial charge on any atom is -0.487 e. The third-order valence-electron chi connectivity index (χ3n) is 4.45. The number of imidazole rings is 1. The molecule has 0 spiro atoms. The number of nitrogens with two attached hydrogens (primary N) is 1. The molecule has 27 heavy (non-hydrogen) atoms. The maximum absolute atomic E-state index is 12.7. The Kier molecular flexibility index (Phi) is 5.46. The van der Waals surface area contributed by atoms with Gasteiger partial charge in [-0.25, -0.2) is 4.98 Å². The van der Waals surface area contributed by atoms with Crippen molar-refractivity contribution in [1.29, 1.82) is 0 Å². The quantitative estimate of drug-likeness (QED) is 0.698. The number of carbonyl (C=O) groups is 1. The first-order valence-electron chi connectivity index (χ1n) is 8.99. The van der Waals surface area contributed by atoms with Gasteiger partial charge >= 0.3 is 0 Å². The van der Waals surface area contributed by atoms with Gasteiger partial charge in [-0.15, -0.1) is 0 Å². The molecule has 0 atom stereocenters. The minimum atomic E-state index is -0.123. The molecule has 2 N–H and O–H groups in total. The molecular formula is C21H26N4O2. The van der Waals surface area contributed by atoms with Crippen molar-refractivity contribution in [3.05, 3.63) is 66.1 Å². The summed E-state index contributed by atoms with van der Waals surface area (Å²) in [4.78, 5) is 18.9. The van der Waals surface area contributed by atoms with E-state index in [9.17, 15) is 4.79 Å². The second-order valence-electron chi connectivity index (χ2n) is 7.54. The number of nitrogens with zero attached hydrogens (tertiary/aromatic N) is 3. The normalized spacial score (nSPS) is 11.6. The third kappa shape index (κ3) is 4.65. The van der Waals surface area contributed by atoms with Crippen LogP contribution in [0, 0.1) is 5.41 Å². The Bertz CT molecular complexity index is 900. The van der Waals surface area contributed by atoms with E-state index in [4.69, 9.17) is 10.5 Å². The van der Waals surface area contributed by atoms with Crippen molar-refractivity contribution in [2.24, 2.45) is 11.1 Å². The van der Waals surface area contributed by atoms with Gasteiger partial charge in [0.05, 0.1) is 5.69 Å². The third-order valence-corrected chi connectivity index (χ3v) is 4.45. The average molecular weight is 366 g/mol. The number of aromatic nitrogens is 2. The Hall–Kier alpha value is -2.86. The van der Waals surface area contributed by atoms with E-state index in [2.05, 4.69) is 4.98 Å². The summed E-state index contributed by atoms with van der Waals surface area (Å²) in [5, 5.41) is 0. The summed E-state index contributed by atoms with van der Waals surface area (Å²) in [5.41, 5.74) is 7.96. The van der Waals surface area contributed by atoms with Crippen LogP contribution in [-0.2, 0) is 6.61 Å². The Morgan fingerprint density at radius 1 is 1.26 bits per heavy atom. The molecule has 3 rings (SSSR count). The number of hydrogen-bond donors (Lipinski definition) is 1. The predicted molar refractivity (Wildman–Crippen MR) is 106 cm³/mol.